The maximum absolute atomic E-state index is 13.1. The number of nitrogens with one attached hydrogen (secondary N) is 1. The predicted molar refractivity (Wildman–Crippen MR) is 115 cm³/mol. The second-order valence-electron chi connectivity index (χ2n) is 6.34. The Hall–Kier alpha value is -2.64. The maximum atomic E-state index is 13.1. The second kappa shape index (κ2) is 9.03. The normalized spacial score (nSPS) is 11.7. The average molecular weight is 412 g/mol. The van der Waals surface area contributed by atoms with Gasteiger partial charge in [0.05, 0.1) is 5.69 Å². The summed E-state index contributed by atoms with van der Waals surface area (Å²) >= 11 is 2.68. The van der Waals surface area contributed by atoms with Crippen LogP contribution in [0.1, 0.15) is 26.2 Å². The molecule has 0 spiro atoms. The highest BCUT2D eigenvalue weighted by molar-refractivity contribution is 8.00. The number of aromatic nitrogens is 1. The van der Waals surface area contributed by atoms with Crippen molar-refractivity contribution in [2.24, 2.45) is 0 Å². The lowest BCUT2D eigenvalue weighted by Crippen LogP contribution is -2.21. The van der Waals surface area contributed by atoms with Gasteiger partial charge in [-0.3, -0.25) is 9.59 Å². The van der Waals surface area contributed by atoms with Gasteiger partial charge in [0, 0.05) is 19.0 Å². The SMILES string of the molecule is Cc1nc(NC(=O)C(Sc2ccccc2)c2ccccc2)sc1C(=O)N(C)C. The minimum Gasteiger partial charge on any atom is -0.344 e. The molecule has 144 valence electrons. The van der Waals surface area contributed by atoms with Gasteiger partial charge in [-0.2, -0.15) is 0 Å². The summed E-state index contributed by atoms with van der Waals surface area (Å²) in [5.41, 5.74) is 1.53. The first-order chi connectivity index (χ1) is 13.5. The van der Waals surface area contributed by atoms with Crippen LogP contribution in [-0.4, -0.2) is 35.8 Å². The van der Waals surface area contributed by atoms with E-state index >= 15 is 0 Å². The van der Waals surface area contributed by atoms with Gasteiger partial charge in [-0.1, -0.05) is 59.9 Å². The van der Waals surface area contributed by atoms with Gasteiger partial charge in [-0.05, 0) is 24.6 Å². The standard InChI is InChI=1S/C21H21N3O2S2/c1-14-17(20(26)24(2)3)28-21(22-14)23-19(25)18(15-10-6-4-7-11-15)27-16-12-8-5-9-13-16/h4-13,18H,1-3H3,(H,22,23,25). The maximum Gasteiger partial charge on any atom is 0.265 e. The number of thioether (sulfide) groups is 1. The van der Waals surface area contributed by atoms with Gasteiger partial charge < -0.3 is 10.2 Å². The molecule has 28 heavy (non-hydrogen) atoms. The molecule has 3 rings (SSSR count). The van der Waals surface area contributed by atoms with Crippen molar-refractivity contribution in [2.75, 3.05) is 19.4 Å². The van der Waals surface area contributed by atoms with Crippen LogP contribution in [0.2, 0.25) is 0 Å². The minimum atomic E-state index is -0.430. The van der Waals surface area contributed by atoms with E-state index in [0.717, 1.165) is 10.5 Å². The van der Waals surface area contributed by atoms with Crippen molar-refractivity contribution >= 4 is 40.0 Å². The fourth-order valence-corrected chi connectivity index (χ4v) is 4.59. The Kier molecular flexibility index (Phi) is 6.49. The van der Waals surface area contributed by atoms with E-state index in [4.69, 9.17) is 0 Å². The topological polar surface area (TPSA) is 62.3 Å². The molecule has 3 aromatic rings. The lowest BCUT2D eigenvalue weighted by atomic mass is 10.1. The third-order valence-corrected chi connectivity index (χ3v) is 6.29. The smallest absolute Gasteiger partial charge is 0.265 e. The van der Waals surface area contributed by atoms with Crippen LogP contribution in [0.15, 0.2) is 65.6 Å². The molecule has 0 saturated heterocycles. The first-order valence-electron chi connectivity index (χ1n) is 8.72. The molecule has 2 amide bonds. The zero-order valence-corrected chi connectivity index (χ0v) is 17.5. The van der Waals surface area contributed by atoms with E-state index in [1.54, 1.807) is 21.0 Å². The molecule has 0 aliphatic heterocycles. The molecule has 0 fully saturated rings. The summed E-state index contributed by atoms with van der Waals surface area (Å²) in [6.45, 7) is 1.77. The van der Waals surface area contributed by atoms with E-state index in [1.807, 2.05) is 60.7 Å². The van der Waals surface area contributed by atoms with Crippen LogP contribution in [0.25, 0.3) is 0 Å². The van der Waals surface area contributed by atoms with Gasteiger partial charge in [0.2, 0.25) is 5.91 Å². The lowest BCUT2D eigenvalue weighted by molar-refractivity contribution is -0.115. The van der Waals surface area contributed by atoms with Crippen LogP contribution in [0, 0.1) is 6.92 Å². The van der Waals surface area contributed by atoms with Crippen molar-refractivity contribution in [3.05, 3.63) is 76.8 Å². The third-order valence-electron chi connectivity index (χ3n) is 3.96. The predicted octanol–water partition coefficient (Wildman–Crippen LogP) is 4.63. The molecule has 2 aromatic carbocycles. The number of carbonyl (C=O) groups is 2. The van der Waals surface area contributed by atoms with Crippen molar-refractivity contribution in [1.82, 2.24) is 9.88 Å². The van der Waals surface area contributed by atoms with Crippen molar-refractivity contribution in [1.29, 1.82) is 0 Å². The van der Waals surface area contributed by atoms with Crippen molar-refractivity contribution in [3.63, 3.8) is 0 Å². The summed E-state index contributed by atoms with van der Waals surface area (Å²) < 4.78 is 0. The van der Waals surface area contributed by atoms with Crippen LogP contribution >= 0.6 is 23.1 Å². The molecular weight excluding hydrogens is 390 g/mol. The zero-order chi connectivity index (χ0) is 20.1. The van der Waals surface area contributed by atoms with Crippen LogP contribution in [0.5, 0.6) is 0 Å². The van der Waals surface area contributed by atoms with Crippen LogP contribution in [0.3, 0.4) is 0 Å². The van der Waals surface area contributed by atoms with E-state index in [0.29, 0.717) is 15.7 Å². The van der Waals surface area contributed by atoms with Crippen molar-refractivity contribution < 1.29 is 9.59 Å². The molecule has 1 aromatic heterocycles. The zero-order valence-electron chi connectivity index (χ0n) is 15.9. The van der Waals surface area contributed by atoms with Crippen molar-refractivity contribution in [2.45, 2.75) is 17.1 Å². The van der Waals surface area contributed by atoms with Gasteiger partial charge in [-0.15, -0.1) is 11.8 Å². The molecule has 7 heteroatoms. The first kappa shape index (κ1) is 20.1. The largest absolute Gasteiger partial charge is 0.344 e. The summed E-state index contributed by atoms with van der Waals surface area (Å²) in [6.07, 6.45) is 0. The molecular formula is C21H21N3O2S2. The summed E-state index contributed by atoms with van der Waals surface area (Å²) in [5, 5.41) is 2.90. The number of aryl methyl sites for hydroxylation is 1. The van der Waals surface area contributed by atoms with Crippen LogP contribution in [0.4, 0.5) is 5.13 Å². The summed E-state index contributed by atoms with van der Waals surface area (Å²) in [4.78, 5) is 32.7. The number of amides is 2. The van der Waals surface area contributed by atoms with E-state index in [-0.39, 0.29) is 11.8 Å². The Morgan fingerprint density at radius 2 is 1.64 bits per heavy atom. The number of nitrogens with zero attached hydrogens (tertiary/aromatic N) is 2. The fourth-order valence-electron chi connectivity index (χ4n) is 2.56. The van der Waals surface area contributed by atoms with Gasteiger partial charge in [0.25, 0.3) is 5.91 Å². The first-order valence-corrected chi connectivity index (χ1v) is 10.4. The van der Waals surface area contributed by atoms with E-state index in [9.17, 15) is 9.59 Å². The van der Waals surface area contributed by atoms with Gasteiger partial charge >= 0.3 is 0 Å². The Morgan fingerprint density at radius 3 is 2.25 bits per heavy atom. The molecule has 0 saturated carbocycles. The highest BCUT2D eigenvalue weighted by Gasteiger charge is 2.24. The Labute approximate surface area is 172 Å². The van der Waals surface area contributed by atoms with Gasteiger partial charge in [0.15, 0.2) is 5.13 Å². The summed E-state index contributed by atoms with van der Waals surface area (Å²) in [6, 6.07) is 19.5. The quantitative estimate of drug-likeness (QED) is 0.601. The number of hydrogen-bond acceptors (Lipinski definition) is 5. The Morgan fingerprint density at radius 1 is 1.04 bits per heavy atom. The third kappa shape index (κ3) is 4.79. The number of benzene rings is 2. The van der Waals surface area contributed by atoms with E-state index in [2.05, 4.69) is 10.3 Å². The van der Waals surface area contributed by atoms with Crippen LogP contribution < -0.4 is 5.32 Å². The van der Waals surface area contributed by atoms with Gasteiger partial charge in [-0.25, -0.2) is 4.98 Å². The fraction of sp³-hybridized carbons (Fsp3) is 0.190. The molecule has 1 unspecified atom stereocenters. The monoisotopic (exact) mass is 411 g/mol. The van der Waals surface area contributed by atoms with E-state index < -0.39 is 5.25 Å². The number of thiazole rings is 1. The Bertz CT molecular complexity index is 956. The number of anilines is 1. The number of rotatable bonds is 6. The molecule has 5 nitrogen and oxygen atoms in total. The molecule has 0 aliphatic carbocycles. The minimum absolute atomic E-state index is 0.117. The lowest BCUT2D eigenvalue weighted by Gasteiger charge is -2.16. The van der Waals surface area contributed by atoms with Crippen molar-refractivity contribution in [3.8, 4) is 0 Å². The number of carbonyl (C=O) groups excluding carboxylic acids is 2. The highest BCUT2D eigenvalue weighted by Crippen LogP contribution is 2.36. The molecule has 0 radical (unpaired) electrons. The summed E-state index contributed by atoms with van der Waals surface area (Å²) in [7, 11) is 3.39. The van der Waals surface area contributed by atoms with E-state index in [1.165, 1.54) is 28.0 Å². The van der Waals surface area contributed by atoms with Crippen LogP contribution in [-0.2, 0) is 4.79 Å². The molecule has 1 heterocycles. The Balaban J connectivity index is 1.84. The second-order valence-corrected chi connectivity index (χ2v) is 8.52. The molecule has 1 atom stereocenters. The summed E-state index contributed by atoms with van der Waals surface area (Å²) in [5.74, 6) is -0.286. The highest BCUT2D eigenvalue weighted by atomic mass is 32.2. The van der Waals surface area contributed by atoms with Gasteiger partial charge in [0.1, 0.15) is 10.1 Å². The molecule has 0 bridgehead atoms. The molecule has 0 aliphatic rings. The number of hydrogen-bond donors (Lipinski definition) is 1. The average Bonchev–Trinajstić information content (AvgIpc) is 3.06. The molecule has 1 N–H and O–H groups in total.